The van der Waals surface area contributed by atoms with E-state index in [0.29, 0.717) is 30.8 Å². The zero-order valence-electron chi connectivity index (χ0n) is 16.5. The van der Waals surface area contributed by atoms with Gasteiger partial charge >= 0.3 is 6.03 Å². The minimum atomic E-state index is -0.350. The van der Waals surface area contributed by atoms with E-state index < -0.39 is 0 Å². The van der Waals surface area contributed by atoms with Crippen LogP contribution in [0.15, 0.2) is 59.8 Å². The monoisotopic (exact) mass is 383 g/mol. The molecule has 0 saturated carbocycles. The Morgan fingerprint density at radius 1 is 1.18 bits per heavy atom. The van der Waals surface area contributed by atoms with Gasteiger partial charge in [0.15, 0.2) is 6.10 Å². The van der Waals surface area contributed by atoms with Crippen LogP contribution in [0.2, 0.25) is 0 Å². The first-order valence-corrected chi connectivity index (χ1v) is 9.40. The number of urea groups is 1. The van der Waals surface area contributed by atoms with Crippen LogP contribution < -0.4 is 5.32 Å². The van der Waals surface area contributed by atoms with Crippen LogP contribution in [0.4, 0.5) is 9.18 Å². The van der Waals surface area contributed by atoms with Crippen LogP contribution in [0.5, 0.6) is 0 Å². The molecule has 6 heteroatoms. The van der Waals surface area contributed by atoms with Crippen molar-refractivity contribution in [2.24, 2.45) is 5.16 Å². The second-order valence-corrected chi connectivity index (χ2v) is 8.00. The molecule has 2 aromatic rings. The molecule has 0 fully saturated rings. The molecule has 0 aromatic heterocycles. The Labute approximate surface area is 165 Å². The van der Waals surface area contributed by atoms with Crippen molar-refractivity contribution in [1.82, 2.24) is 10.2 Å². The number of carbonyl (C=O) groups excluding carboxylic acids is 1. The first-order valence-electron chi connectivity index (χ1n) is 9.40. The molecule has 0 saturated heterocycles. The number of benzene rings is 2. The van der Waals surface area contributed by atoms with E-state index >= 15 is 0 Å². The summed E-state index contributed by atoms with van der Waals surface area (Å²) in [7, 11) is 0. The van der Waals surface area contributed by atoms with Gasteiger partial charge < -0.3 is 15.1 Å². The van der Waals surface area contributed by atoms with Crippen LogP contribution in [0.1, 0.15) is 38.3 Å². The number of rotatable bonds is 5. The molecule has 3 rings (SSSR count). The molecule has 2 amide bonds. The molecule has 1 aliphatic heterocycles. The minimum Gasteiger partial charge on any atom is -0.390 e. The van der Waals surface area contributed by atoms with E-state index in [1.54, 1.807) is 23.1 Å². The van der Waals surface area contributed by atoms with E-state index in [4.69, 9.17) is 4.84 Å². The molecule has 1 N–H and O–H groups in total. The average molecular weight is 383 g/mol. The molecule has 0 radical (unpaired) electrons. The lowest BCUT2D eigenvalue weighted by molar-refractivity contribution is 0.0580. The number of nitrogens with zero attached hydrogens (tertiary/aromatic N) is 2. The zero-order valence-corrected chi connectivity index (χ0v) is 16.5. The fraction of sp³-hybridized carbons (Fsp3) is 0.364. The van der Waals surface area contributed by atoms with Gasteiger partial charge in [-0.3, -0.25) is 0 Å². The second-order valence-electron chi connectivity index (χ2n) is 8.00. The Bertz CT molecular complexity index is 846. The van der Waals surface area contributed by atoms with E-state index in [1.807, 2.05) is 51.1 Å². The smallest absolute Gasteiger partial charge is 0.318 e. The molecular weight excluding hydrogens is 357 g/mol. The van der Waals surface area contributed by atoms with Crippen molar-refractivity contribution in [1.29, 1.82) is 0 Å². The van der Waals surface area contributed by atoms with Crippen molar-refractivity contribution in [3.05, 3.63) is 71.5 Å². The molecule has 1 atom stereocenters. The van der Waals surface area contributed by atoms with Gasteiger partial charge in [-0.1, -0.05) is 53.7 Å². The van der Waals surface area contributed by atoms with Crippen molar-refractivity contribution in [3.8, 4) is 0 Å². The van der Waals surface area contributed by atoms with Crippen LogP contribution in [0.25, 0.3) is 0 Å². The van der Waals surface area contributed by atoms with Gasteiger partial charge in [0.1, 0.15) is 5.82 Å². The predicted octanol–water partition coefficient (Wildman–Crippen LogP) is 4.33. The van der Waals surface area contributed by atoms with Crippen LogP contribution in [-0.2, 0) is 11.4 Å². The Morgan fingerprint density at radius 3 is 2.54 bits per heavy atom. The summed E-state index contributed by atoms with van der Waals surface area (Å²) in [6, 6.07) is 16.1. The lowest BCUT2D eigenvalue weighted by Gasteiger charge is -2.29. The standard InChI is InChI=1S/C22H26FN3O2/c1-22(2,3)24-21(27)26(14-16-9-5-4-6-10-16)15-17-13-20(25-28-17)18-11-7-8-12-19(18)23/h4-12,17H,13-15H2,1-3H3,(H,24,27)/t17-/m1/s1. The third-order valence-corrected chi connectivity index (χ3v) is 4.33. The first kappa shape index (κ1) is 19.9. The summed E-state index contributed by atoms with van der Waals surface area (Å²) in [5, 5.41) is 7.06. The third-order valence-electron chi connectivity index (χ3n) is 4.33. The number of nitrogens with one attached hydrogen (secondary N) is 1. The van der Waals surface area contributed by atoms with Gasteiger partial charge in [0.25, 0.3) is 0 Å². The van der Waals surface area contributed by atoms with E-state index in [2.05, 4.69) is 10.5 Å². The Morgan fingerprint density at radius 2 is 1.86 bits per heavy atom. The van der Waals surface area contributed by atoms with Crippen LogP contribution >= 0.6 is 0 Å². The maximum absolute atomic E-state index is 14.0. The minimum absolute atomic E-state index is 0.167. The summed E-state index contributed by atoms with van der Waals surface area (Å²) in [5.41, 5.74) is 1.69. The van der Waals surface area contributed by atoms with Gasteiger partial charge in [0.05, 0.1) is 12.3 Å². The number of halogens is 1. The SMILES string of the molecule is CC(C)(C)NC(=O)N(Cc1ccccc1)C[C@H]1CC(c2ccccc2F)=NO1. The summed E-state index contributed by atoms with van der Waals surface area (Å²) in [5.74, 6) is -0.322. The highest BCUT2D eigenvalue weighted by atomic mass is 19.1. The van der Waals surface area contributed by atoms with Crippen molar-refractivity contribution in [2.45, 2.75) is 45.4 Å². The Kier molecular flexibility index (Phi) is 5.97. The molecule has 1 heterocycles. The molecule has 0 spiro atoms. The molecule has 0 bridgehead atoms. The van der Waals surface area contributed by atoms with Gasteiger partial charge in [0, 0.05) is 24.1 Å². The molecular formula is C22H26FN3O2. The average Bonchev–Trinajstić information content (AvgIpc) is 3.09. The zero-order chi connectivity index (χ0) is 20.1. The van der Waals surface area contributed by atoms with Crippen molar-refractivity contribution < 1.29 is 14.0 Å². The van der Waals surface area contributed by atoms with Gasteiger partial charge in [-0.15, -0.1) is 0 Å². The summed E-state index contributed by atoms with van der Waals surface area (Å²) < 4.78 is 14.0. The highest BCUT2D eigenvalue weighted by Gasteiger charge is 2.29. The summed E-state index contributed by atoms with van der Waals surface area (Å²) in [6.45, 7) is 6.64. The fourth-order valence-corrected chi connectivity index (χ4v) is 3.05. The van der Waals surface area contributed by atoms with E-state index in [9.17, 15) is 9.18 Å². The molecule has 1 aliphatic rings. The topological polar surface area (TPSA) is 53.9 Å². The number of hydrogen-bond acceptors (Lipinski definition) is 3. The lowest BCUT2D eigenvalue weighted by Crippen LogP contribution is -2.50. The lowest BCUT2D eigenvalue weighted by atomic mass is 10.0. The molecule has 148 valence electrons. The second kappa shape index (κ2) is 8.42. The third kappa shape index (κ3) is 5.31. The number of hydrogen-bond donors (Lipinski definition) is 1. The number of amides is 2. The summed E-state index contributed by atoms with van der Waals surface area (Å²) in [4.78, 5) is 20.1. The largest absolute Gasteiger partial charge is 0.390 e. The maximum atomic E-state index is 14.0. The van der Waals surface area contributed by atoms with E-state index in [-0.39, 0.29) is 23.5 Å². The normalized spacial score (nSPS) is 16.3. The highest BCUT2D eigenvalue weighted by Crippen LogP contribution is 2.20. The van der Waals surface area contributed by atoms with E-state index in [0.717, 1.165) is 5.56 Å². The summed E-state index contributed by atoms with van der Waals surface area (Å²) >= 11 is 0. The summed E-state index contributed by atoms with van der Waals surface area (Å²) in [6.07, 6.45) is 0.138. The van der Waals surface area contributed by atoms with Crippen LogP contribution in [0, 0.1) is 5.82 Å². The Hall–Kier alpha value is -2.89. The first-order chi connectivity index (χ1) is 13.3. The number of carbonyl (C=O) groups is 1. The molecule has 0 unspecified atom stereocenters. The number of oxime groups is 1. The van der Waals surface area contributed by atoms with Gasteiger partial charge in [-0.05, 0) is 32.4 Å². The Balaban J connectivity index is 1.69. The van der Waals surface area contributed by atoms with E-state index in [1.165, 1.54) is 6.07 Å². The maximum Gasteiger partial charge on any atom is 0.318 e. The van der Waals surface area contributed by atoms with Crippen molar-refractivity contribution in [2.75, 3.05) is 6.54 Å². The molecule has 2 aromatic carbocycles. The highest BCUT2D eigenvalue weighted by molar-refractivity contribution is 6.01. The van der Waals surface area contributed by atoms with Gasteiger partial charge in [-0.2, -0.15) is 0 Å². The predicted molar refractivity (Wildman–Crippen MR) is 108 cm³/mol. The molecule has 0 aliphatic carbocycles. The van der Waals surface area contributed by atoms with Crippen molar-refractivity contribution in [3.63, 3.8) is 0 Å². The molecule has 5 nitrogen and oxygen atoms in total. The van der Waals surface area contributed by atoms with Crippen molar-refractivity contribution >= 4 is 11.7 Å². The van der Waals surface area contributed by atoms with Crippen LogP contribution in [0.3, 0.4) is 0 Å². The fourth-order valence-electron chi connectivity index (χ4n) is 3.05. The van der Waals surface area contributed by atoms with Crippen LogP contribution in [-0.4, -0.2) is 34.8 Å². The quantitative estimate of drug-likeness (QED) is 0.836. The molecule has 28 heavy (non-hydrogen) atoms. The van der Waals surface area contributed by atoms with Gasteiger partial charge in [0.2, 0.25) is 0 Å². The van der Waals surface area contributed by atoms with Gasteiger partial charge in [-0.25, -0.2) is 9.18 Å².